The molecule has 0 saturated heterocycles. The molecule has 1 atom stereocenters. The number of halogens is 2. The molecule has 0 aliphatic carbocycles. The Labute approximate surface area is 115 Å². The number of carbonyl (C=O) groups is 1. The highest BCUT2D eigenvalue weighted by molar-refractivity contribution is 9.09. The largest absolute Gasteiger partial charge is 0.447 e. The van der Waals surface area contributed by atoms with Crippen LogP contribution in [0.4, 0.5) is 0 Å². The van der Waals surface area contributed by atoms with Crippen molar-refractivity contribution in [3.63, 3.8) is 0 Å². The van der Waals surface area contributed by atoms with Gasteiger partial charge in [-0.05, 0) is 47.3 Å². The number of unbranched alkanes of at least 4 members (excludes halogenated alkanes) is 2. The molecule has 0 radical (unpaired) electrons. The first-order valence-electron chi connectivity index (χ1n) is 5.70. The molecule has 0 aromatic heterocycles. The minimum absolute atomic E-state index is 0.217. The maximum Gasteiger partial charge on any atom is 0.339 e. The summed E-state index contributed by atoms with van der Waals surface area (Å²) in [5.74, 6) is 0.404. The maximum atomic E-state index is 11.7. The Kier molecular flexibility index (Phi) is 7.29. The molecule has 94 valence electrons. The van der Waals surface area contributed by atoms with E-state index in [1.165, 1.54) is 0 Å². The van der Waals surface area contributed by atoms with Gasteiger partial charge in [-0.15, -0.1) is 11.6 Å². The van der Waals surface area contributed by atoms with Crippen LogP contribution in [0.15, 0.2) is 30.3 Å². The lowest BCUT2D eigenvalue weighted by molar-refractivity contribution is 0.0455. The van der Waals surface area contributed by atoms with Crippen molar-refractivity contribution >= 4 is 33.5 Å². The molecule has 1 aromatic carbocycles. The summed E-state index contributed by atoms with van der Waals surface area (Å²) in [5, 5.41) is -0.217. The van der Waals surface area contributed by atoms with Gasteiger partial charge in [0, 0.05) is 5.88 Å². The monoisotopic (exact) mass is 318 g/mol. The lowest BCUT2D eigenvalue weighted by Gasteiger charge is -2.11. The van der Waals surface area contributed by atoms with E-state index in [4.69, 9.17) is 16.3 Å². The van der Waals surface area contributed by atoms with E-state index in [0.29, 0.717) is 11.4 Å². The Morgan fingerprint density at radius 3 is 2.59 bits per heavy atom. The fraction of sp³-hybridized carbons (Fsp3) is 0.462. The quantitative estimate of drug-likeness (QED) is 0.424. The molecular formula is C13H16BrClO2. The molecule has 17 heavy (non-hydrogen) atoms. The van der Waals surface area contributed by atoms with Gasteiger partial charge in [-0.25, -0.2) is 4.79 Å². The predicted octanol–water partition coefficient (Wildman–Crippen LogP) is 4.36. The van der Waals surface area contributed by atoms with Crippen molar-refractivity contribution in [2.24, 2.45) is 0 Å². The zero-order valence-corrected chi connectivity index (χ0v) is 11.9. The SMILES string of the molecule is O=C(OC(Br)CCCCCCl)c1ccccc1. The molecule has 1 rings (SSSR count). The second-order valence-corrected chi connectivity index (χ2v) is 5.12. The van der Waals surface area contributed by atoms with Gasteiger partial charge in [0.15, 0.2) is 5.01 Å². The summed E-state index contributed by atoms with van der Waals surface area (Å²) in [6, 6.07) is 9.00. The van der Waals surface area contributed by atoms with E-state index >= 15 is 0 Å². The number of ether oxygens (including phenoxy) is 1. The Balaban J connectivity index is 2.26. The van der Waals surface area contributed by atoms with Gasteiger partial charge in [0.05, 0.1) is 5.56 Å². The number of hydrogen-bond acceptors (Lipinski definition) is 2. The van der Waals surface area contributed by atoms with Crippen molar-refractivity contribution in [3.05, 3.63) is 35.9 Å². The van der Waals surface area contributed by atoms with Crippen LogP contribution in [-0.2, 0) is 4.74 Å². The van der Waals surface area contributed by atoms with Gasteiger partial charge in [-0.3, -0.25) is 0 Å². The lowest BCUT2D eigenvalue weighted by Crippen LogP contribution is -2.12. The van der Waals surface area contributed by atoms with Crippen molar-refractivity contribution in [1.82, 2.24) is 0 Å². The highest BCUT2D eigenvalue weighted by Gasteiger charge is 2.12. The van der Waals surface area contributed by atoms with Crippen molar-refractivity contribution in [3.8, 4) is 0 Å². The van der Waals surface area contributed by atoms with E-state index in [-0.39, 0.29) is 11.0 Å². The molecule has 0 heterocycles. The molecule has 0 fully saturated rings. The van der Waals surface area contributed by atoms with Crippen LogP contribution in [0.3, 0.4) is 0 Å². The molecular weight excluding hydrogens is 303 g/mol. The average Bonchev–Trinajstić information content (AvgIpc) is 2.36. The minimum atomic E-state index is -0.287. The first kappa shape index (κ1) is 14.5. The number of esters is 1. The summed E-state index contributed by atoms with van der Waals surface area (Å²) in [5.41, 5.74) is 0.581. The predicted molar refractivity (Wildman–Crippen MR) is 73.8 cm³/mol. The second kappa shape index (κ2) is 8.54. The van der Waals surface area contributed by atoms with E-state index in [9.17, 15) is 4.79 Å². The van der Waals surface area contributed by atoms with Crippen LogP contribution in [-0.4, -0.2) is 16.9 Å². The van der Waals surface area contributed by atoms with Gasteiger partial charge >= 0.3 is 5.97 Å². The number of hydrogen-bond donors (Lipinski definition) is 0. The van der Waals surface area contributed by atoms with Gasteiger partial charge in [0.25, 0.3) is 0 Å². The molecule has 0 spiro atoms. The van der Waals surface area contributed by atoms with Gasteiger partial charge in [0.2, 0.25) is 0 Å². The summed E-state index contributed by atoms with van der Waals surface area (Å²) in [6.07, 6.45) is 3.89. The van der Waals surface area contributed by atoms with Crippen molar-refractivity contribution in [1.29, 1.82) is 0 Å². The van der Waals surface area contributed by atoms with Crippen LogP contribution < -0.4 is 0 Å². The highest BCUT2D eigenvalue weighted by Crippen LogP contribution is 2.15. The number of benzene rings is 1. The standard InChI is InChI=1S/C13H16BrClO2/c14-12(9-5-2-6-10-15)17-13(16)11-7-3-1-4-8-11/h1,3-4,7-8,12H,2,5-6,9-10H2. The molecule has 0 bridgehead atoms. The highest BCUT2D eigenvalue weighted by atomic mass is 79.9. The molecule has 2 nitrogen and oxygen atoms in total. The number of alkyl halides is 2. The van der Waals surface area contributed by atoms with E-state index in [2.05, 4.69) is 15.9 Å². The van der Waals surface area contributed by atoms with E-state index in [1.807, 2.05) is 18.2 Å². The Bertz CT molecular complexity index is 329. The molecule has 0 aliphatic rings. The second-order valence-electron chi connectivity index (χ2n) is 3.72. The molecule has 0 N–H and O–H groups in total. The Morgan fingerprint density at radius 1 is 1.24 bits per heavy atom. The Morgan fingerprint density at radius 2 is 1.94 bits per heavy atom. The van der Waals surface area contributed by atoms with Crippen molar-refractivity contribution in [2.75, 3.05) is 5.88 Å². The van der Waals surface area contributed by atoms with Crippen LogP contribution in [0.5, 0.6) is 0 Å². The van der Waals surface area contributed by atoms with Crippen molar-refractivity contribution < 1.29 is 9.53 Å². The molecule has 0 amide bonds. The van der Waals surface area contributed by atoms with Gasteiger partial charge in [0.1, 0.15) is 0 Å². The average molecular weight is 320 g/mol. The summed E-state index contributed by atoms with van der Waals surface area (Å²) < 4.78 is 5.26. The first-order valence-corrected chi connectivity index (χ1v) is 7.15. The van der Waals surface area contributed by atoms with Gasteiger partial charge in [-0.1, -0.05) is 24.6 Å². The van der Waals surface area contributed by atoms with Crippen LogP contribution in [0.1, 0.15) is 36.0 Å². The number of carbonyl (C=O) groups excluding carboxylic acids is 1. The summed E-state index contributed by atoms with van der Waals surface area (Å²) in [4.78, 5) is 11.7. The van der Waals surface area contributed by atoms with Crippen LogP contribution >= 0.6 is 27.5 Å². The summed E-state index contributed by atoms with van der Waals surface area (Å²) >= 11 is 8.94. The van der Waals surface area contributed by atoms with Gasteiger partial charge in [-0.2, -0.15) is 0 Å². The third-order valence-electron chi connectivity index (χ3n) is 2.31. The normalized spacial score (nSPS) is 12.1. The van der Waals surface area contributed by atoms with E-state index in [1.54, 1.807) is 12.1 Å². The van der Waals surface area contributed by atoms with Gasteiger partial charge < -0.3 is 4.74 Å². The summed E-state index contributed by atoms with van der Waals surface area (Å²) in [7, 11) is 0. The molecule has 1 aromatic rings. The fourth-order valence-electron chi connectivity index (χ4n) is 1.39. The smallest absolute Gasteiger partial charge is 0.339 e. The molecule has 0 aliphatic heterocycles. The van der Waals surface area contributed by atoms with Crippen LogP contribution in [0.25, 0.3) is 0 Å². The maximum absolute atomic E-state index is 11.7. The zero-order valence-electron chi connectivity index (χ0n) is 9.57. The molecule has 0 saturated carbocycles. The lowest BCUT2D eigenvalue weighted by atomic mass is 10.2. The van der Waals surface area contributed by atoms with E-state index < -0.39 is 0 Å². The van der Waals surface area contributed by atoms with Crippen molar-refractivity contribution in [2.45, 2.75) is 30.7 Å². The fourth-order valence-corrected chi connectivity index (χ4v) is 2.08. The van der Waals surface area contributed by atoms with E-state index in [0.717, 1.165) is 25.7 Å². The first-order chi connectivity index (χ1) is 8.24. The third-order valence-corrected chi connectivity index (χ3v) is 3.22. The Hall–Kier alpha value is -0.540. The van der Waals surface area contributed by atoms with Crippen LogP contribution in [0.2, 0.25) is 0 Å². The molecule has 1 unspecified atom stereocenters. The number of rotatable bonds is 7. The minimum Gasteiger partial charge on any atom is -0.447 e. The topological polar surface area (TPSA) is 26.3 Å². The zero-order chi connectivity index (χ0) is 12.5. The summed E-state index contributed by atoms with van der Waals surface area (Å²) in [6.45, 7) is 0. The third kappa shape index (κ3) is 6.08. The van der Waals surface area contributed by atoms with Crippen LogP contribution in [0, 0.1) is 0 Å². The molecule has 4 heteroatoms.